The van der Waals surface area contributed by atoms with Crippen LogP contribution in [0.5, 0.6) is 0 Å². The standard InChI is InChI=1S/C18H29N3O/c1-16-9-6-7-14-21(16)15-18(22)19-12-8-13-20(2)17-10-4-3-5-11-17/h3-5,10-11,16H,6-9,12-15H2,1-2H3,(H,19,22). The maximum atomic E-state index is 12.0. The van der Waals surface area contributed by atoms with E-state index in [2.05, 4.69) is 41.2 Å². The van der Waals surface area contributed by atoms with E-state index in [9.17, 15) is 4.79 Å². The number of likely N-dealkylation sites (tertiary alicyclic amines) is 1. The molecule has 1 heterocycles. The van der Waals surface area contributed by atoms with E-state index in [0.717, 1.165) is 26.1 Å². The van der Waals surface area contributed by atoms with E-state index in [1.807, 2.05) is 18.2 Å². The molecule has 4 heteroatoms. The van der Waals surface area contributed by atoms with Crippen LogP contribution in [-0.4, -0.2) is 50.1 Å². The van der Waals surface area contributed by atoms with Gasteiger partial charge in [-0.2, -0.15) is 0 Å². The number of carbonyl (C=O) groups is 1. The maximum absolute atomic E-state index is 12.0. The first-order valence-corrected chi connectivity index (χ1v) is 8.44. The number of para-hydroxylation sites is 1. The van der Waals surface area contributed by atoms with Crippen molar-refractivity contribution in [3.63, 3.8) is 0 Å². The van der Waals surface area contributed by atoms with Crippen molar-refractivity contribution in [1.29, 1.82) is 0 Å². The molecule has 1 saturated heterocycles. The van der Waals surface area contributed by atoms with Gasteiger partial charge in [0, 0.05) is 31.9 Å². The molecule has 1 aliphatic heterocycles. The van der Waals surface area contributed by atoms with Gasteiger partial charge in [0.15, 0.2) is 0 Å². The van der Waals surface area contributed by atoms with E-state index in [4.69, 9.17) is 0 Å². The molecule has 1 amide bonds. The normalized spacial score (nSPS) is 18.9. The fraction of sp³-hybridized carbons (Fsp3) is 0.611. The van der Waals surface area contributed by atoms with E-state index in [-0.39, 0.29) is 5.91 Å². The zero-order valence-corrected chi connectivity index (χ0v) is 13.9. The molecule has 0 radical (unpaired) electrons. The molecule has 0 spiro atoms. The molecule has 2 rings (SSSR count). The Balaban J connectivity index is 1.61. The Kier molecular flexibility index (Phi) is 6.72. The van der Waals surface area contributed by atoms with Crippen LogP contribution in [0.25, 0.3) is 0 Å². The lowest BCUT2D eigenvalue weighted by molar-refractivity contribution is -0.123. The number of nitrogens with one attached hydrogen (secondary N) is 1. The van der Waals surface area contributed by atoms with Crippen molar-refractivity contribution < 1.29 is 4.79 Å². The monoisotopic (exact) mass is 303 g/mol. The van der Waals surface area contributed by atoms with Crippen molar-refractivity contribution in [3.05, 3.63) is 30.3 Å². The number of hydrogen-bond donors (Lipinski definition) is 1. The number of piperidine rings is 1. The second-order valence-electron chi connectivity index (χ2n) is 6.28. The first-order valence-electron chi connectivity index (χ1n) is 8.44. The summed E-state index contributed by atoms with van der Waals surface area (Å²) in [4.78, 5) is 16.5. The number of rotatable bonds is 7. The van der Waals surface area contributed by atoms with Crippen molar-refractivity contribution in [2.45, 2.75) is 38.6 Å². The van der Waals surface area contributed by atoms with Crippen LogP contribution in [0.15, 0.2) is 30.3 Å². The quantitative estimate of drug-likeness (QED) is 0.786. The van der Waals surface area contributed by atoms with Gasteiger partial charge in [-0.25, -0.2) is 0 Å². The van der Waals surface area contributed by atoms with Crippen LogP contribution in [0, 0.1) is 0 Å². The smallest absolute Gasteiger partial charge is 0.234 e. The molecule has 1 unspecified atom stereocenters. The average Bonchev–Trinajstić information content (AvgIpc) is 2.54. The van der Waals surface area contributed by atoms with Crippen molar-refractivity contribution >= 4 is 11.6 Å². The Morgan fingerprint density at radius 1 is 1.32 bits per heavy atom. The minimum atomic E-state index is 0.163. The predicted octanol–water partition coefficient (Wildman–Crippen LogP) is 2.50. The zero-order chi connectivity index (χ0) is 15.8. The molecule has 1 aromatic carbocycles. The fourth-order valence-electron chi connectivity index (χ4n) is 2.99. The lowest BCUT2D eigenvalue weighted by Crippen LogP contribution is -2.44. The Labute approximate surface area is 134 Å². The molecule has 0 saturated carbocycles. The van der Waals surface area contributed by atoms with Gasteiger partial charge < -0.3 is 10.2 Å². The Bertz CT molecular complexity index is 449. The van der Waals surface area contributed by atoms with Crippen LogP contribution < -0.4 is 10.2 Å². The molecule has 1 fully saturated rings. The molecular formula is C18H29N3O. The first-order chi connectivity index (χ1) is 10.7. The van der Waals surface area contributed by atoms with Crippen LogP contribution >= 0.6 is 0 Å². The number of carbonyl (C=O) groups excluding carboxylic acids is 1. The molecule has 1 aliphatic rings. The molecule has 1 aromatic rings. The molecule has 4 nitrogen and oxygen atoms in total. The van der Waals surface area contributed by atoms with Gasteiger partial charge in [-0.3, -0.25) is 9.69 Å². The van der Waals surface area contributed by atoms with Crippen LogP contribution in [0.3, 0.4) is 0 Å². The third-order valence-corrected chi connectivity index (χ3v) is 4.48. The van der Waals surface area contributed by atoms with Gasteiger partial charge in [0.25, 0.3) is 0 Å². The predicted molar refractivity (Wildman–Crippen MR) is 92.2 cm³/mol. The highest BCUT2D eigenvalue weighted by Gasteiger charge is 2.20. The highest BCUT2D eigenvalue weighted by Crippen LogP contribution is 2.15. The van der Waals surface area contributed by atoms with Gasteiger partial charge >= 0.3 is 0 Å². The second-order valence-corrected chi connectivity index (χ2v) is 6.28. The lowest BCUT2D eigenvalue weighted by atomic mass is 10.0. The third-order valence-electron chi connectivity index (χ3n) is 4.48. The maximum Gasteiger partial charge on any atom is 0.234 e. The van der Waals surface area contributed by atoms with E-state index in [0.29, 0.717) is 12.6 Å². The topological polar surface area (TPSA) is 35.6 Å². The van der Waals surface area contributed by atoms with Crippen LogP contribution in [0.1, 0.15) is 32.6 Å². The summed E-state index contributed by atoms with van der Waals surface area (Å²) >= 11 is 0. The largest absolute Gasteiger partial charge is 0.375 e. The van der Waals surface area contributed by atoms with Crippen molar-refractivity contribution in [3.8, 4) is 0 Å². The zero-order valence-electron chi connectivity index (χ0n) is 13.9. The van der Waals surface area contributed by atoms with Gasteiger partial charge in [0.05, 0.1) is 6.54 Å². The Morgan fingerprint density at radius 3 is 2.82 bits per heavy atom. The van der Waals surface area contributed by atoms with E-state index in [1.165, 1.54) is 24.9 Å². The van der Waals surface area contributed by atoms with E-state index < -0.39 is 0 Å². The third kappa shape index (κ3) is 5.34. The van der Waals surface area contributed by atoms with Crippen molar-refractivity contribution in [2.24, 2.45) is 0 Å². The number of benzene rings is 1. The number of nitrogens with zero attached hydrogens (tertiary/aromatic N) is 2. The van der Waals surface area contributed by atoms with Crippen LogP contribution in [-0.2, 0) is 4.79 Å². The van der Waals surface area contributed by atoms with Gasteiger partial charge in [-0.1, -0.05) is 24.6 Å². The number of anilines is 1. The summed E-state index contributed by atoms with van der Waals surface area (Å²) in [6.45, 7) is 5.53. The first kappa shape index (κ1) is 16.8. The average molecular weight is 303 g/mol. The van der Waals surface area contributed by atoms with Gasteiger partial charge in [0.1, 0.15) is 0 Å². The van der Waals surface area contributed by atoms with Crippen LogP contribution in [0.2, 0.25) is 0 Å². The SMILES string of the molecule is CC1CCCCN1CC(=O)NCCCN(C)c1ccccc1. The van der Waals surface area contributed by atoms with Gasteiger partial charge in [-0.05, 0) is 44.9 Å². The molecule has 122 valence electrons. The molecule has 1 N–H and O–H groups in total. The summed E-state index contributed by atoms with van der Waals surface area (Å²) in [5.41, 5.74) is 1.22. The number of hydrogen-bond acceptors (Lipinski definition) is 3. The summed E-state index contributed by atoms with van der Waals surface area (Å²) in [5, 5.41) is 3.05. The summed E-state index contributed by atoms with van der Waals surface area (Å²) in [6, 6.07) is 10.9. The molecule has 0 bridgehead atoms. The van der Waals surface area contributed by atoms with Gasteiger partial charge in [0.2, 0.25) is 5.91 Å². The van der Waals surface area contributed by atoms with E-state index in [1.54, 1.807) is 0 Å². The number of amides is 1. The lowest BCUT2D eigenvalue weighted by Gasteiger charge is -2.32. The summed E-state index contributed by atoms with van der Waals surface area (Å²) in [6.07, 6.45) is 4.70. The Hall–Kier alpha value is -1.55. The molecule has 1 atom stereocenters. The van der Waals surface area contributed by atoms with E-state index >= 15 is 0 Å². The van der Waals surface area contributed by atoms with Gasteiger partial charge in [-0.15, -0.1) is 0 Å². The van der Waals surface area contributed by atoms with Crippen molar-refractivity contribution in [2.75, 3.05) is 38.1 Å². The molecule has 0 aromatic heterocycles. The Morgan fingerprint density at radius 2 is 2.09 bits per heavy atom. The minimum absolute atomic E-state index is 0.163. The summed E-state index contributed by atoms with van der Waals surface area (Å²) in [7, 11) is 2.09. The minimum Gasteiger partial charge on any atom is -0.375 e. The van der Waals surface area contributed by atoms with Crippen molar-refractivity contribution in [1.82, 2.24) is 10.2 Å². The highest BCUT2D eigenvalue weighted by molar-refractivity contribution is 5.78. The summed E-state index contributed by atoms with van der Waals surface area (Å²) in [5.74, 6) is 0.163. The fourth-order valence-corrected chi connectivity index (χ4v) is 2.99. The molecular weight excluding hydrogens is 274 g/mol. The van der Waals surface area contributed by atoms with Crippen LogP contribution in [0.4, 0.5) is 5.69 Å². The second kappa shape index (κ2) is 8.79. The highest BCUT2D eigenvalue weighted by atomic mass is 16.2. The molecule has 0 aliphatic carbocycles. The summed E-state index contributed by atoms with van der Waals surface area (Å²) < 4.78 is 0. The molecule has 22 heavy (non-hydrogen) atoms.